The lowest BCUT2D eigenvalue weighted by molar-refractivity contribution is -0.117. The molecular formula is C21H27N3O2. The molecule has 1 heterocycles. The first kappa shape index (κ1) is 18.4. The number of hydrogen-bond donors (Lipinski definition) is 1. The van der Waals surface area contributed by atoms with Crippen molar-refractivity contribution in [3.63, 3.8) is 0 Å². The van der Waals surface area contributed by atoms with Gasteiger partial charge in [0.25, 0.3) is 0 Å². The minimum absolute atomic E-state index is 0.0229. The molecule has 0 radical (unpaired) electrons. The van der Waals surface area contributed by atoms with Gasteiger partial charge in [-0.2, -0.15) is 0 Å². The highest BCUT2D eigenvalue weighted by Crippen LogP contribution is 2.16. The topological polar surface area (TPSA) is 44.8 Å². The minimum atomic E-state index is 0.0229. The highest BCUT2D eigenvalue weighted by atomic mass is 16.5. The monoisotopic (exact) mass is 353 g/mol. The molecule has 1 amide bonds. The number of amides is 1. The second kappa shape index (κ2) is 9.36. The summed E-state index contributed by atoms with van der Waals surface area (Å²) in [4.78, 5) is 17.1. The number of methoxy groups -OCH3 is 1. The first-order chi connectivity index (χ1) is 12.7. The highest BCUT2D eigenvalue weighted by molar-refractivity contribution is 5.92. The molecule has 0 bridgehead atoms. The van der Waals surface area contributed by atoms with Crippen molar-refractivity contribution in [2.75, 3.05) is 45.2 Å². The van der Waals surface area contributed by atoms with Crippen LogP contribution in [0.5, 0.6) is 5.75 Å². The van der Waals surface area contributed by atoms with Crippen molar-refractivity contribution in [1.29, 1.82) is 0 Å². The molecule has 0 saturated carbocycles. The van der Waals surface area contributed by atoms with Gasteiger partial charge in [-0.25, -0.2) is 0 Å². The van der Waals surface area contributed by atoms with Gasteiger partial charge in [-0.15, -0.1) is 0 Å². The van der Waals surface area contributed by atoms with E-state index in [1.54, 1.807) is 7.11 Å². The van der Waals surface area contributed by atoms with Gasteiger partial charge in [-0.3, -0.25) is 14.6 Å². The van der Waals surface area contributed by atoms with E-state index in [1.807, 2.05) is 24.3 Å². The Labute approximate surface area is 155 Å². The third-order valence-corrected chi connectivity index (χ3v) is 4.65. The van der Waals surface area contributed by atoms with E-state index in [9.17, 15) is 4.79 Å². The number of nitrogens with one attached hydrogen (secondary N) is 1. The van der Waals surface area contributed by atoms with E-state index in [2.05, 4.69) is 45.4 Å². The summed E-state index contributed by atoms with van der Waals surface area (Å²) >= 11 is 0. The van der Waals surface area contributed by atoms with Crippen molar-refractivity contribution >= 4 is 11.6 Å². The van der Waals surface area contributed by atoms with Gasteiger partial charge in [0.05, 0.1) is 13.7 Å². The number of carbonyl (C=O) groups excluding carboxylic acids is 1. The van der Waals surface area contributed by atoms with Crippen molar-refractivity contribution in [1.82, 2.24) is 9.80 Å². The Hall–Kier alpha value is -2.37. The van der Waals surface area contributed by atoms with Gasteiger partial charge >= 0.3 is 0 Å². The molecule has 0 aromatic heterocycles. The summed E-state index contributed by atoms with van der Waals surface area (Å²) in [6, 6.07) is 18.0. The van der Waals surface area contributed by atoms with Gasteiger partial charge < -0.3 is 10.1 Å². The number of hydrogen-bond acceptors (Lipinski definition) is 4. The zero-order valence-electron chi connectivity index (χ0n) is 15.4. The lowest BCUT2D eigenvalue weighted by Crippen LogP contribution is -2.36. The molecule has 5 heteroatoms. The van der Waals surface area contributed by atoms with Crippen LogP contribution in [0.4, 0.5) is 5.69 Å². The largest absolute Gasteiger partial charge is 0.497 e. The van der Waals surface area contributed by atoms with Gasteiger partial charge in [-0.1, -0.05) is 36.4 Å². The lowest BCUT2D eigenvalue weighted by Gasteiger charge is -2.21. The minimum Gasteiger partial charge on any atom is -0.497 e. The van der Waals surface area contributed by atoms with Crippen LogP contribution in [-0.2, 0) is 11.3 Å². The van der Waals surface area contributed by atoms with Crippen LogP contribution in [0.15, 0.2) is 54.6 Å². The first-order valence-electron chi connectivity index (χ1n) is 9.15. The first-order valence-corrected chi connectivity index (χ1v) is 9.15. The van der Waals surface area contributed by atoms with Crippen molar-refractivity contribution < 1.29 is 9.53 Å². The van der Waals surface area contributed by atoms with E-state index in [4.69, 9.17) is 4.74 Å². The number of carbonyl (C=O) groups is 1. The Morgan fingerprint density at radius 2 is 1.77 bits per heavy atom. The number of benzene rings is 2. The van der Waals surface area contributed by atoms with Crippen molar-refractivity contribution in [2.24, 2.45) is 0 Å². The van der Waals surface area contributed by atoms with Crippen LogP contribution in [0.3, 0.4) is 0 Å². The fourth-order valence-electron chi connectivity index (χ4n) is 3.29. The van der Waals surface area contributed by atoms with E-state index in [0.717, 1.165) is 50.6 Å². The van der Waals surface area contributed by atoms with Crippen molar-refractivity contribution in [3.05, 3.63) is 60.2 Å². The molecule has 1 saturated heterocycles. The summed E-state index contributed by atoms with van der Waals surface area (Å²) in [7, 11) is 1.62. The molecule has 1 aliphatic rings. The predicted molar refractivity (Wildman–Crippen MR) is 104 cm³/mol. The summed E-state index contributed by atoms with van der Waals surface area (Å²) in [5.74, 6) is 0.767. The quantitative estimate of drug-likeness (QED) is 0.867. The van der Waals surface area contributed by atoms with Crippen molar-refractivity contribution in [2.45, 2.75) is 13.0 Å². The van der Waals surface area contributed by atoms with E-state index in [-0.39, 0.29) is 5.91 Å². The molecule has 1 N–H and O–H groups in total. The third kappa shape index (κ3) is 5.58. The molecule has 3 rings (SSSR count). The lowest BCUT2D eigenvalue weighted by atomic mass is 10.2. The Kier molecular flexibility index (Phi) is 6.63. The van der Waals surface area contributed by atoms with Gasteiger partial charge in [0.15, 0.2) is 0 Å². The number of anilines is 1. The maximum absolute atomic E-state index is 12.4. The highest BCUT2D eigenvalue weighted by Gasteiger charge is 2.17. The van der Waals surface area contributed by atoms with Crippen molar-refractivity contribution in [3.8, 4) is 5.75 Å². The standard InChI is InChI=1S/C21H27N3O2/c1-26-20-10-5-9-19(15-20)22-21(25)17-24-12-6-11-23(13-14-24)16-18-7-3-2-4-8-18/h2-5,7-10,15H,6,11-14,16-17H2,1H3,(H,22,25). The number of ether oxygens (including phenoxy) is 1. The Morgan fingerprint density at radius 1 is 1.00 bits per heavy atom. The molecule has 2 aromatic carbocycles. The molecule has 0 unspecified atom stereocenters. The summed E-state index contributed by atoms with van der Waals surface area (Å²) in [6.07, 6.45) is 1.08. The smallest absolute Gasteiger partial charge is 0.238 e. The molecule has 2 aromatic rings. The maximum atomic E-state index is 12.4. The van der Waals surface area contributed by atoms with Gasteiger partial charge in [0.1, 0.15) is 5.75 Å². The Balaban J connectivity index is 1.47. The zero-order valence-corrected chi connectivity index (χ0v) is 15.4. The van der Waals surface area contributed by atoms with Crippen LogP contribution in [0.25, 0.3) is 0 Å². The Bertz CT molecular complexity index is 705. The summed E-state index contributed by atoms with van der Waals surface area (Å²) in [5, 5.41) is 2.96. The van der Waals surface area contributed by atoms with Gasteiger partial charge in [0.2, 0.25) is 5.91 Å². The van der Waals surface area contributed by atoms with Crippen LogP contribution in [0.1, 0.15) is 12.0 Å². The predicted octanol–water partition coefficient (Wildman–Crippen LogP) is 2.84. The van der Waals surface area contributed by atoms with Crippen LogP contribution >= 0.6 is 0 Å². The second-order valence-corrected chi connectivity index (χ2v) is 6.67. The molecule has 5 nitrogen and oxygen atoms in total. The molecule has 138 valence electrons. The zero-order chi connectivity index (χ0) is 18.2. The fraction of sp³-hybridized carbons (Fsp3) is 0.381. The molecule has 0 spiro atoms. The molecular weight excluding hydrogens is 326 g/mol. The summed E-state index contributed by atoms with van der Waals surface area (Å²) < 4.78 is 5.20. The molecule has 1 aliphatic heterocycles. The average Bonchev–Trinajstić information content (AvgIpc) is 2.88. The molecule has 0 aliphatic carbocycles. The number of rotatable bonds is 6. The van der Waals surface area contributed by atoms with Gasteiger partial charge in [0, 0.05) is 31.4 Å². The van der Waals surface area contributed by atoms with E-state index < -0.39 is 0 Å². The Morgan fingerprint density at radius 3 is 2.58 bits per heavy atom. The third-order valence-electron chi connectivity index (χ3n) is 4.65. The summed E-state index contributed by atoms with van der Waals surface area (Å²) in [5.41, 5.74) is 2.12. The average molecular weight is 353 g/mol. The molecule has 0 atom stereocenters. The molecule has 1 fully saturated rings. The SMILES string of the molecule is COc1cccc(NC(=O)CN2CCCN(Cc3ccccc3)CC2)c1. The summed E-state index contributed by atoms with van der Waals surface area (Å²) in [6.45, 7) is 5.33. The van der Waals surface area contributed by atoms with Gasteiger partial charge in [-0.05, 0) is 37.2 Å². The van der Waals surface area contributed by atoms with E-state index in [1.165, 1.54) is 5.56 Å². The second-order valence-electron chi connectivity index (χ2n) is 6.67. The molecule has 26 heavy (non-hydrogen) atoms. The fourth-order valence-corrected chi connectivity index (χ4v) is 3.29. The maximum Gasteiger partial charge on any atom is 0.238 e. The van der Waals surface area contributed by atoms with Crippen LogP contribution in [0, 0.1) is 0 Å². The van der Waals surface area contributed by atoms with E-state index in [0.29, 0.717) is 6.54 Å². The van der Waals surface area contributed by atoms with Crippen LogP contribution in [0.2, 0.25) is 0 Å². The van der Waals surface area contributed by atoms with Crippen LogP contribution < -0.4 is 10.1 Å². The van der Waals surface area contributed by atoms with Crippen LogP contribution in [-0.4, -0.2) is 55.5 Å². The normalized spacial score (nSPS) is 16.0. The number of nitrogens with zero attached hydrogens (tertiary/aromatic N) is 2. The van der Waals surface area contributed by atoms with E-state index >= 15 is 0 Å².